The number of hydrogen-bond donors (Lipinski definition) is 1. The molecule has 2 aromatic carbocycles. The third kappa shape index (κ3) is 3.78. The Balaban J connectivity index is 1.66. The Hall–Kier alpha value is -2.60. The summed E-state index contributed by atoms with van der Waals surface area (Å²) < 4.78 is 19.0. The van der Waals surface area contributed by atoms with E-state index in [0.717, 1.165) is 17.3 Å². The van der Waals surface area contributed by atoms with Crippen LogP contribution in [-0.2, 0) is 11.4 Å². The number of rotatable bonds is 4. The summed E-state index contributed by atoms with van der Waals surface area (Å²) in [5.41, 5.74) is 1.26. The molecular weight excluding hydrogens is 317 g/mol. The Kier molecular flexibility index (Phi) is 4.43. The first-order valence-corrected chi connectivity index (χ1v) is 7.64. The molecule has 1 saturated heterocycles. The van der Waals surface area contributed by atoms with E-state index in [1.807, 2.05) is 0 Å². The van der Waals surface area contributed by atoms with Gasteiger partial charge in [-0.15, -0.1) is 0 Å². The fourth-order valence-corrected chi connectivity index (χ4v) is 2.69. The van der Waals surface area contributed by atoms with Crippen molar-refractivity contribution in [1.82, 2.24) is 5.32 Å². The fraction of sp³-hybridized carbons (Fsp3) is 0.0588. The van der Waals surface area contributed by atoms with Crippen molar-refractivity contribution in [3.8, 4) is 5.75 Å². The van der Waals surface area contributed by atoms with E-state index in [0.29, 0.717) is 16.2 Å². The van der Waals surface area contributed by atoms with Crippen molar-refractivity contribution in [2.45, 2.75) is 6.61 Å². The fourth-order valence-electron chi connectivity index (χ4n) is 2.01. The van der Waals surface area contributed by atoms with Crippen LogP contribution in [-0.4, -0.2) is 11.1 Å². The molecule has 1 aliphatic rings. The van der Waals surface area contributed by atoms with Gasteiger partial charge in [-0.2, -0.15) is 0 Å². The van der Waals surface area contributed by atoms with Gasteiger partial charge in [0, 0.05) is 5.56 Å². The van der Waals surface area contributed by atoms with Gasteiger partial charge in [0.15, 0.2) is 0 Å². The average Bonchev–Trinajstić information content (AvgIpc) is 2.85. The SMILES string of the molecule is O=C1NC(=O)/C(=C\c2ccc(OCc3ccccc3F)cc2)S1. The maximum atomic E-state index is 13.5. The first-order chi connectivity index (χ1) is 11.1. The van der Waals surface area contributed by atoms with Gasteiger partial charge in [0.2, 0.25) is 0 Å². The Labute approximate surface area is 136 Å². The lowest BCUT2D eigenvalue weighted by molar-refractivity contribution is -0.115. The summed E-state index contributed by atoms with van der Waals surface area (Å²) in [6, 6.07) is 13.4. The second-order valence-electron chi connectivity index (χ2n) is 4.80. The molecule has 0 atom stereocenters. The zero-order valence-corrected chi connectivity index (χ0v) is 12.7. The molecule has 4 nitrogen and oxygen atoms in total. The molecule has 0 spiro atoms. The predicted octanol–water partition coefficient (Wildman–Crippen LogP) is 3.73. The predicted molar refractivity (Wildman–Crippen MR) is 86.3 cm³/mol. The summed E-state index contributed by atoms with van der Waals surface area (Å²) in [5.74, 6) is -0.0994. The number of amides is 2. The monoisotopic (exact) mass is 329 g/mol. The lowest BCUT2D eigenvalue weighted by Crippen LogP contribution is -2.17. The Bertz CT molecular complexity index is 787. The van der Waals surface area contributed by atoms with Crippen molar-refractivity contribution in [2.24, 2.45) is 0 Å². The van der Waals surface area contributed by atoms with Gasteiger partial charge in [0.1, 0.15) is 18.2 Å². The minimum Gasteiger partial charge on any atom is -0.489 e. The van der Waals surface area contributed by atoms with Crippen LogP contribution in [0.3, 0.4) is 0 Å². The van der Waals surface area contributed by atoms with Crippen LogP contribution >= 0.6 is 11.8 Å². The van der Waals surface area contributed by atoms with Crippen molar-refractivity contribution < 1.29 is 18.7 Å². The highest BCUT2D eigenvalue weighted by Gasteiger charge is 2.24. The van der Waals surface area contributed by atoms with Crippen LogP contribution in [0.25, 0.3) is 6.08 Å². The number of carbonyl (C=O) groups excluding carboxylic acids is 2. The quantitative estimate of drug-likeness (QED) is 0.869. The summed E-state index contributed by atoms with van der Waals surface area (Å²) in [7, 11) is 0. The van der Waals surface area contributed by atoms with Gasteiger partial charge in [-0.05, 0) is 41.6 Å². The van der Waals surface area contributed by atoms with Gasteiger partial charge in [0.25, 0.3) is 11.1 Å². The van der Waals surface area contributed by atoms with Crippen molar-refractivity contribution >= 4 is 29.0 Å². The Morgan fingerprint density at radius 2 is 1.83 bits per heavy atom. The summed E-state index contributed by atoms with van der Waals surface area (Å²) in [6.07, 6.45) is 1.63. The highest BCUT2D eigenvalue weighted by molar-refractivity contribution is 8.18. The maximum absolute atomic E-state index is 13.5. The number of thioether (sulfide) groups is 1. The van der Waals surface area contributed by atoms with Gasteiger partial charge in [-0.25, -0.2) is 4.39 Å². The summed E-state index contributed by atoms with van der Waals surface area (Å²) >= 11 is 0.870. The number of carbonyl (C=O) groups is 2. The third-order valence-electron chi connectivity index (χ3n) is 3.17. The zero-order valence-electron chi connectivity index (χ0n) is 11.9. The van der Waals surface area contributed by atoms with E-state index in [1.165, 1.54) is 6.07 Å². The first kappa shape index (κ1) is 15.3. The number of ether oxygens (including phenoxy) is 1. The van der Waals surface area contributed by atoms with E-state index in [4.69, 9.17) is 4.74 Å². The van der Waals surface area contributed by atoms with E-state index < -0.39 is 0 Å². The van der Waals surface area contributed by atoms with Crippen LogP contribution < -0.4 is 10.1 Å². The molecule has 0 bridgehead atoms. The second kappa shape index (κ2) is 6.66. The highest BCUT2D eigenvalue weighted by atomic mass is 32.2. The number of hydrogen-bond acceptors (Lipinski definition) is 4. The molecular formula is C17H12FNO3S. The molecule has 2 aromatic rings. The summed E-state index contributed by atoms with van der Waals surface area (Å²) in [5, 5.41) is 1.83. The minimum atomic E-state index is -0.389. The zero-order chi connectivity index (χ0) is 16.2. The van der Waals surface area contributed by atoms with Gasteiger partial charge in [-0.3, -0.25) is 14.9 Å². The first-order valence-electron chi connectivity index (χ1n) is 6.83. The van der Waals surface area contributed by atoms with Crippen molar-refractivity contribution in [3.63, 3.8) is 0 Å². The van der Waals surface area contributed by atoms with Gasteiger partial charge >= 0.3 is 0 Å². The lowest BCUT2D eigenvalue weighted by Gasteiger charge is -2.07. The number of benzene rings is 2. The molecule has 0 aliphatic carbocycles. The second-order valence-corrected chi connectivity index (χ2v) is 5.82. The van der Waals surface area contributed by atoms with Crippen LogP contribution in [0.15, 0.2) is 53.4 Å². The number of imide groups is 1. The molecule has 0 saturated carbocycles. The smallest absolute Gasteiger partial charge is 0.290 e. The van der Waals surface area contributed by atoms with Gasteiger partial charge in [-0.1, -0.05) is 30.3 Å². The maximum Gasteiger partial charge on any atom is 0.290 e. The van der Waals surface area contributed by atoms with Gasteiger partial charge in [0.05, 0.1) is 4.91 Å². The third-order valence-corrected chi connectivity index (χ3v) is 3.98. The van der Waals surface area contributed by atoms with Crippen molar-refractivity contribution in [1.29, 1.82) is 0 Å². The summed E-state index contributed by atoms with van der Waals surface area (Å²) in [4.78, 5) is 22.9. The molecule has 0 aromatic heterocycles. The van der Waals surface area contributed by atoms with Crippen LogP contribution in [0.5, 0.6) is 5.75 Å². The van der Waals surface area contributed by atoms with E-state index in [1.54, 1.807) is 48.5 Å². The molecule has 2 amide bonds. The van der Waals surface area contributed by atoms with Crippen LogP contribution in [0.2, 0.25) is 0 Å². The molecule has 23 heavy (non-hydrogen) atoms. The Morgan fingerprint density at radius 3 is 2.48 bits per heavy atom. The lowest BCUT2D eigenvalue weighted by atomic mass is 10.2. The normalized spacial score (nSPS) is 15.8. The average molecular weight is 329 g/mol. The highest BCUT2D eigenvalue weighted by Crippen LogP contribution is 2.26. The Morgan fingerprint density at radius 1 is 1.09 bits per heavy atom. The molecule has 6 heteroatoms. The molecule has 1 heterocycles. The minimum absolute atomic E-state index is 0.139. The molecule has 0 unspecified atom stereocenters. The van der Waals surface area contributed by atoms with E-state index >= 15 is 0 Å². The molecule has 3 rings (SSSR count). The standard InChI is InChI=1S/C17H12FNO3S/c18-14-4-2-1-3-12(14)10-22-13-7-5-11(6-8-13)9-15-16(20)19-17(21)23-15/h1-9H,10H2,(H,19,20,21)/b15-9+. The number of halogens is 1. The van der Waals surface area contributed by atoms with Crippen LogP contribution in [0.1, 0.15) is 11.1 Å². The largest absolute Gasteiger partial charge is 0.489 e. The van der Waals surface area contributed by atoms with Crippen molar-refractivity contribution in [3.05, 3.63) is 70.4 Å². The summed E-state index contributed by atoms with van der Waals surface area (Å²) in [6.45, 7) is 0.139. The number of nitrogens with one attached hydrogen (secondary N) is 1. The topological polar surface area (TPSA) is 55.4 Å². The van der Waals surface area contributed by atoms with E-state index in [9.17, 15) is 14.0 Å². The van der Waals surface area contributed by atoms with Gasteiger partial charge < -0.3 is 4.74 Å². The van der Waals surface area contributed by atoms with E-state index in [2.05, 4.69) is 5.32 Å². The van der Waals surface area contributed by atoms with E-state index in [-0.39, 0.29) is 23.6 Å². The van der Waals surface area contributed by atoms with Crippen LogP contribution in [0.4, 0.5) is 9.18 Å². The van der Waals surface area contributed by atoms with Crippen LogP contribution in [0, 0.1) is 5.82 Å². The molecule has 1 fully saturated rings. The molecule has 0 radical (unpaired) electrons. The molecule has 116 valence electrons. The van der Waals surface area contributed by atoms with Crippen molar-refractivity contribution in [2.75, 3.05) is 0 Å². The molecule has 1 N–H and O–H groups in total. The molecule has 1 aliphatic heterocycles.